The molecule has 0 spiro atoms. The molecule has 4 heterocycles. The number of nitrogens with one attached hydrogen (secondary N) is 1. The van der Waals surface area contributed by atoms with Crippen molar-refractivity contribution in [1.82, 2.24) is 24.6 Å². The third-order valence-corrected chi connectivity index (χ3v) is 6.13. The van der Waals surface area contributed by atoms with Gasteiger partial charge in [0.15, 0.2) is 10.9 Å². The number of aromatic nitrogens is 4. The van der Waals surface area contributed by atoms with Crippen molar-refractivity contribution in [3.8, 4) is 5.82 Å². The fraction of sp³-hybridized carbons (Fsp3) is 0.455. The van der Waals surface area contributed by atoms with Gasteiger partial charge in [-0.2, -0.15) is 5.10 Å². The summed E-state index contributed by atoms with van der Waals surface area (Å²) in [6.45, 7) is 7.21. The molecule has 8 heteroatoms. The zero-order valence-electron chi connectivity index (χ0n) is 17.5. The Morgan fingerprint density at radius 3 is 2.70 bits per heavy atom. The first-order valence-corrected chi connectivity index (χ1v) is 11.5. The molecule has 1 fully saturated rings. The molecule has 0 bridgehead atoms. The Morgan fingerprint density at radius 2 is 2.00 bits per heavy atom. The van der Waals surface area contributed by atoms with Gasteiger partial charge in [-0.05, 0) is 44.0 Å². The van der Waals surface area contributed by atoms with Gasteiger partial charge in [0.25, 0.3) is 5.91 Å². The molecule has 0 aromatic carbocycles. The minimum atomic E-state index is -0.184. The summed E-state index contributed by atoms with van der Waals surface area (Å²) in [4.78, 5) is 24.5. The number of nitrogens with zero attached hydrogens (tertiary/aromatic N) is 5. The predicted molar refractivity (Wildman–Crippen MR) is 119 cm³/mol. The van der Waals surface area contributed by atoms with E-state index in [1.54, 1.807) is 17.1 Å². The number of hydrogen-bond acceptors (Lipinski definition) is 6. The van der Waals surface area contributed by atoms with Crippen molar-refractivity contribution >= 4 is 22.4 Å². The summed E-state index contributed by atoms with van der Waals surface area (Å²) in [5, 5.41) is 10.1. The summed E-state index contributed by atoms with van der Waals surface area (Å²) in [6, 6.07) is 5.66. The van der Waals surface area contributed by atoms with Gasteiger partial charge in [-0.15, -0.1) is 11.3 Å². The van der Waals surface area contributed by atoms with E-state index in [9.17, 15) is 4.79 Å². The van der Waals surface area contributed by atoms with Crippen LogP contribution in [0.15, 0.2) is 36.0 Å². The van der Waals surface area contributed by atoms with Crippen molar-refractivity contribution < 1.29 is 4.79 Å². The molecule has 3 aromatic rings. The van der Waals surface area contributed by atoms with E-state index in [1.807, 2.05) is 23.6 Å². The lowest BCUT2D eigenvalue weighted by Crippen LogP contribution is -2.24. The number of anilines is 1. The van der Waals surface area contributed by atoms with Crippen LogP contribution >= 0.6 is 11.3 Å². The predicted octanol–water partition coefficient (Wildman–Crippen LogP) is 4.48. The molecule has 3 aromatic heterocycles. The first kappa shape index (κ1) is 20.7. The monoisotopic (exact) mass is 424 g/mol. The highest BCUT2D eigenvalue weighted by Gasteiger charge is 2.22. The second kappa shape index (κ2) is 9.49. The Balaban J connectivity index is 1.48. The summed E-state index contributed by atoms with van der Waals surface area (Å²) < 4.78 is 1.74. The SMILES string of the molecule is CC(C)c1c(C(=O)Nc2nc(CN3CCCCCC3)cs2)cnn1-c1ccccn1. The zero-order valence-corrected chi connectivity index (χ0v) is 18.4. The number of rotatable bonds is 6. The number of carbonyl (C=O) groups is 1. The Labute approximate surface area is 181 Å². The maximum absolute atomic E-state index is 13.0. The van der Waals surface area contributed by atoms with Crippen LogP contribution in [0.2, 0.25) is 0 Å². The zero-order chi connectivity index (χ0) is 20.9. The van der Waals surface area contributed by atoms with Gasteiger partial charge < -0.3 is 0 Å². The summed E-state index contributed by atoms with van der Waals surface area (Å²) in [5.74, 6) is 0.635. The fourth-order valence-electron chi connectivity index (χ4n) is 3.87. The highest BCUT2D eigenvalue weighted by molar-refractivity contribution is 7.14. The van der Waals surface area contributed by atoms with Crippen molar-refractivity contribution in [2.45, 2.75) is 52.0 Å². The molecule has 1 aliphatic rings. The van der Waals surface area contributed by atoms with Gasteiger partial charge in [0.1, 0.15) is 0 Å². The van der Waals surface area contributed by atoms with Crippen molar-refractivity contribution in [2.75, 3.05) is 18.4 Å². The molecule has 158 valence electrons. The molecule has 30 heavy (non-hydrogen) atoms. The van der Waals surface area contributed by atoms with E-state index in [4.69, 9.17) is 0 Å². The van der Waals surface area contributed by atoms with Crippen molar-refractivity contribution in [1.29, 1.82) is 0 Å². The molecule has 1 aliphatic heterocycles. The summed E-state index contributed by atoms with van der Waals surface area (Å²) in [5.41, 5.74) is 2.41. The van der Waals surface area contributed by atoms with Gasteiger partial charge in [0, 0.05) is 18.1 Å². The summed E-state index contributed by atoms with van der Waals surface area (Å²) >= 11 is 1.47. The summed E-state index contributed by atoms with van der Waals surface area (Å²) in [7, 11) is 0. The number of carbonyl (C=O) groups excluding carboxylic acids is 1. The molecular weight excluding hydrogens is 396 g/mol. The Hall–Kier alpha value is -2.58. The average molecular weight is 425 g/mol. The van der Waals surface area contributed by atoms with E-state index in [0.29, 0.717) is 16.5 Å². The van der Waals surface area contributed by atoms with Gasteiger partial charge in [-0.25, -0.2) is 14.6 Å². The lowest BCUT2D eigenvalue weighted by atomic mass is 10.1. The van der Waals surface area contributed by atoms with E-state index in [2.05, 4.69) is 39.1 Å². The van der Waals surface area contributed by atoms with E-state index in [0.717, 1.165) is 31.0 Å². The molecule has 0 unspecified atom stereocenters. The average Bonchev–Trinajstić information content (AvgIpc) is 3.30. The molecule has 0 saturated carbocycles. The molecular formula is C22H28N6OS. The van der Waals surface area contributed by atoms with E-state index < -0.39 is 0 Å². The second-order valence-electron chi connectivity index (χ2n) is 7.99. The fourth-order valence-corrected chi connectivity index (χ4v) is 4.57. The van der Waals surface area contributed by atoms with Gasteiger partial charge in [-0.1, -0.05) is 32.8 Å². The number of amides is 1. The molecule has 0 atom stereocenters. The van der Waals surface area contributed by atoms with Crippen LogP contribution < -0.4 is 5.32 Å². The van der Waals surface area contributed by atoms with Crippen molar-refractivity contribution in [3.05, 3.63) is 52.9 Å². The van der Waals surface area contributed by atoms with Crippen LogP contribution in [0, 0.1) is 0 Å². The number of thiazole rings is 1. The van der Waals surface area contributed by atoms with Crippen LogP contribution in [0.3, 0.4) is 0 Å². The van der Waals surface area contributed by atoms with Crippen molar-refractivity contribution in [3.63, 3.8) is 0 Å². The first-order chi connectivity index (χ1) is 14.6. The van der Waals surface area contributed by atoms with Crippen LogP contribution in [0.25, 0.3) is 5.82 Å². The Morgan fingerprint density at radius 1 is 1.20 bits per heavy atom. The Kier molecular flexibility index (Phi) is 6.54. The quantitative estimate of drug-likeness (QED) is 0.632. The maximum Gasteiger partial charge on any atom is 0.260 e. The summed E-state index contributed by atoms with van der Waals surface area (Å²) in [6.07, 6.45) is 8.49. The van der Waals surface area contributed by atoms with Gasteiger partial charge >= 0.3 is 0 Å². The van der Waals surface area contributed by atoms with Crippen molar-refractivity contribution in [2.24, 2.45) is 0 Å². The lowest BCUT2D eigenvalue weighted by Gasteiger charge is -2.17. The number of hydrogen-bond donors (Lipinski definition) is 1. The topological polar surface area (TPSA) is 75.9 Å². The van der Waals surface area contributed by atoms with E-state index in [-0.39, 0.29) is 11.8 Å². The van der Waals surface area contributed by atoms with Crippen LogP contribution in [0.4, 0.5) is 5.13 Å². The minimum absolute atomic E-state index is 0.116. The molecule has 1 saturated heterocycles. The Bertz CT molecular complexity index is 973. The van der Waals surface area contributed by atoms with Crippen LogP contribution in [0.5, 0.6) is 0 Å². The molecule has 0 radical (unpaired) electrons. The van der Waals surface area contributed by atoms with Gasteiger partial charge in [0.05, 0.1) is 23.1 Å². The van der Waals surface area contributed by atoms with Crippen LogP contribution in [0.1, 0.15) is 67.2 Å². The smallest absolute Gasteiger partial charge is 0.260 e. The third-order valence-electron chi connectivity index (χ3n) is 5.32. The molecule has 0 aliphatic carbocycles. The maximum atomic E-state index is 13.0. The van der Waals surface area contributed by atoms with Gasteiger partial charge in [0.2, 0.25) is 0 Å². The lowest BCUT2D eigenvalue weighted by molar-refractivity contribution is 0.102. The molecule has 1 N–H and O–H groups in total. The third kappa shape index (κ3) is 4.76. The minimum Gasteiger partial charge on any atom is -0.298 e. The van der Waals surface area contributed by atoms with E-state index >= 15 is 0 Å². The second-order valence-corrected chi connectivity index (χ2v) is 8.84. The largest absolute Gasteiger partial charge is 0.298 e. The highest BCUT2D eigenvalue weighted by atomic mass is 32.1. The van der Waals surface area contributed by atoms with Gasteiger partial charge in [-0.3, -0.25) is 15.0 Å². The number of likely N-dealkylation sites (tertiary alicyclic amines) is 1. The molecule has 1 amide bonds. The normalized spacial score (nSPS) is 15.3. The standard InChI is InChI=1S/C22H28N6OS/c1-16(2)20-18(13-24-28(20)19-9-5-6-10-23-19)21(29)26-22-25-17(15-30-22)14-27-11-7-3-4-8-12-27/h5-6,9-10,13,15-16H,3-4,7-8,11-12,14H2,1-2H3,(H,25,26,29). The number of pyridine rings is 1. The highest BCUT2D eigenvalue weighted by Crippen LogP contribution is 2.24. The first-order valence-electron chi connectivity index (χ1n) is 10.6. The molecule has 7 nitrogen and oxygen atoms in total. The van der Waals surface area contributed by atoms with E-state index in [1.165, 1.54) is 37.0 Å². The van der Waals surface area contributed by atoms with Crippen LogP contribution in [-0.4, -0.2) is 43.6 Å². The molecule has 4 rings (SSSR count). The van der Waals surface area contributed by atoms with Crippen LogP contribution in [-0.2, 0) is 6.54 Å².